The predicted octanol–water partition coefficient (Wildman–Crippen LogP) is 2.80. The lowest BCUT2D eigenvalue weighted by Crippen LogP contribution is -2.42. The van der Waals surface area contributed by atoms with E-state index in [0.717, 1.165) is 33.4 Å². The summed E-state index contributed by atoms with van der Waals surface area (Å²) in [5.41, 5.74) is -3.23. The van der Waals surface area contributed by atoms with Crippen molar-refractivity contribution in [1.82, 2.24) is 19.1 Å². The summed E-state index contributed by atoms with van der Waals surface area (Å²) in [5.74, 6) is -1.45. The first kappa shape index (κ1) is 22.8. The van der Waals surface area contributed by atoms with Crippen molar-refractivity contribution < 1.29 is 22.4 Å². The lowest BCUT2D eigenvalue weighted by Gasteiger charge is -2.15. The Hall–Kier alpha value is -4.35. The molecular weight excluding hydrogens is 458 g/mol. The maximum atomic E-state index is 13.2. The number of para-hydroxylation sites is 1. The second-order valence-corrected chi connectivity index (χ2v) is 7.21. The standard InChI is InChI=1S/C22H15F4N5O3/c23-14-7-5-13(6-8-14)11-31-20(33)18-19(28-10-9-27-18)30(21(31)34)12-17(32)29-16-4-2-1-3-15(16)22(24,25)26/h1-10H,11-12H2,(H,29,32). The molecule has 2 heterocycles. The van der Waals surface area contributed by atoms with Gasteiger partial charge in [-0.25, -0.2) is 19.2 Å². The highest BCUT2D eigenvalue weighted by Gasteiger charge is 2.33. The largest absolute Gasteiger partial charge is 0.418 e. The van der Waals surface area contributed by atoms with Crippen LogP contribution in [-0.2, 0) is 24.1 Å². The van der Waals surface area contributed by atoms with Gasteiger partial charge in [-0.1, -0.05) is 24.3 Å². The third kappa shape index (κ3) is 4.56. The molecule has 0 radical (unpaired) electrons. The number of anilines is 1. The Bertz CT molecular complexity index is 1490. The maximum Gasteiger partial charge on any atom is 0.418 e. The topological polar surface area (TPSA) is 98.9 Å². The first-order valence-electron chi connectivity index (χ1n) is 9.80. The number of fused-ring (bicyclic) bond motifs is 1. The maximum absolute atomic E-state index is 13.2. The lowest BCUT2D eigenvalue weighted by atomic mass is 10.1. The molecule has 2 aromatic heterocycles. The van der Waals surface area contributed by atoms with Crippen LogP contribution in [0.25, 0.3) is 11.2 Å². The molecule has 0 aliphatic rings. The van der Waals surface area contributed by atoms with E-state index in [-0.39, 0.29) is 17.7 Å². The highest BCUT2D eigenvalue weighted by Crippen LogP contribution is 2.34. The molecular formula is C22H15F4N5O3. The number of halogens is 4. The van der Waals surface area contributed by atoms with Crippen molar-refractivity contribution in [2.75, 3.05) is 5.32 Å². The highest BCUT2D eigenvalue weighted by molar-refractivity contribution is 5.92. The minimum atomic E-state index is -4.71. The summed E-state index contributed by atoms with van der Waals surface area (Å²) in [4.78, 5) is 46.5. The van der Waals surface area contributed by atoms with Crippen LogP contribution in [0.1, 0.15) is 11.1 Å². The molecule has 0 spiro atoms. The van der Waals surface area contributed by atoms with E-state index in [9.17, 15) is 31.9 Å². The van der Waals surface area contributed by atoms with Crippen LogP contribution in [-0.4, -0.2) is 25.0 Å². The van der Waals surface area contributed by atoms with Gasteiger partial charge in [0.05, 0.1) is 17.8 Å². The number of hydrogen-bond acceptors (Lipinski definition) is 5. The van der Waals surface area contributed by atoms with Gasteiger partial charge in [0.15, 0.2) is 11.2 Å². The average Bonchev–Trinajstić information content (AvgIpc) is 2.80. The van der Waals surface area contributed by atoms with Crippen LogP contribution in [0.3, 0.4) is 0 Å². The fourth-order valence-electron chi connectivity index (χ4n) is 3.36. The molecule has 1 N–H and O–H groups in total. The van der Waals surface area contributed by atoms with E-state index in [1.165, 1.54) is 36.7 Å². The molecule has 0 saturated carbocycles. The van der Waals surface area contributed by atoms with E-state index >= 15 is 0 Å². The fraction of sp³-hybridized carbons (Fsp3) is 0.136. The molecule has 34 heavy (non-hydrogen) atoms. The Kier molecular flexibility index (Phi) is 5.97. The Labute approximate surface area is 188 Å². The Morgan fingerprint density at radius 3 is 2.32 bits per heavy atom. The van der Waals surface area contributed by atoms with Gasteiger partial charge in [0, 0.05) is 12.4 Å². The Balaban J connectivity index is 1.74. The van der Waals surface area contributed by atoms with Crippen molar-refractivity contribution in [3.8, 4) is 0 Å². The molecule has 0 unspecified atom stereocenters. The van der Waals surface area contributed by atoms with E-state index < -0.39 is 46.9 Å². The fourth-order valence-corrected chi connectivity index (χ4v) is 3.36. The van der Waals surface area contributed by atoms with Gasteiger partial charge in [0.1, 0.15) is 12.4 Å². The molecule has 0 saturated heterocycles. The van der Waals surface area contributed by atoms with Crippen LogP contribution in [0.4, 0.5) is 23.2 Å². The van der Waals surface area contributed by atoms with Crippen molar-refractivity contribution in [3.05, 3.63) is 98.7 Å². The molecule has 1 amide bonds. The first-order valence-corrected chi connectivity index (χ1v) is 9.80. The Morgan fingerprint density at radius 2 is 1.62 bits per heavy atom. The number of aromatic nitrogens is 4. The number of hydrogen-bond donors (Lipinski definition) is 1. The van der Waals surface area contributed by atoms with Crippen molar-refractivity contribution >= 4 is 22.8 Å². The molecule has 4 rings (SSSR count). The summed E-state index contributed by atoms with van der Waals surface area (Å²) in [5, 5.41) is 2.15. The third-order valence-corrected chi connectivity index (χ3v) is 4.91. The Morgan fingerprint density at radius 1 is 0.941 bits per heavy atom. The lowest BCUT2D eigenvalue weighted by molar-refractivity contribution is -0.137. The molecule has 4 aromatic rings. The van der Waals surface area contributed by atoms with E-state index in [4.69, 9.17) is 0 Å². The van der Waals surface area contributed by atoms with Gasteiger partial charge in [0.2, 0.25) is 5.91 Å². The van der Waals surface area contributed by atoms with Crippen LogP contribution in [0.2, 0.25) is 0 Å². The molecule has 0 fully saturated rings. The number of carbonyl (C=O) groups excluding carboxylic acids is 1. The first-order chi connectivity index (χ1) is 16.1. The van der Waals surface area contributed by atoms with E-state index in [1.54, 1.807) is 0 Å². The smallest absolute Gasteiger partial charge is 0.324 e. The average molecular weight is 473 g/mol. The van der Waals surface area contributed by atoms with Crippen LogP contribution < -0.4 is 16.6 Å². The van der Waals surface area contributed by atoms with Crippen molar-refractivity contribution in [2.45, 2.75) is 19.3 Å². The van der Waals surface area contributed by atoms with E-state index in [2.05, 4.69) is 15.3 Å². The summed E-state index contributed by atoms with van der Waals surface area (Å²) in [7, 11) is 0. The van der Waals surface area contributed by atoms with Gasteiger partial charge in [-0.3, -0.25) is 18.7 Å². The third-order valence-electron chi connectivity index (χ3n) is 4.91. The molecule has 12 heteroatoms. The quantitative estimate of drug-likeness (QED) is 0.450. The van der Waals surface area contributed by atoms with Gasteiger partial charge in [-0.15, -0.1) is 0 Å². The second kappa shape index (κ2) is 8.89. The molecule has 0 atom stereocenters. The van der Waals surface area contributed by atoms with Crippen molar-refractivity contribution in [2.24, 2.45) is 0 Å². The monoisotopic (exact) mass is 473 g/mol. The number of carbonyl (C=O) groups is 1. The van der Waals surface area contributed by atoms with Gasteiger partial charge in [0.25, 0.3) is 5.56 Å². The summed E-state index contributed by atoms with van der Waals surface area (Å²) in [6.45, 7) is -0.979. The van der Waals surface area contributed by atoms with E-state index in [1.807, 2.05) is 0 Å². The van der Waals surface area contributed by atoms with Gasteiger partial charge >= 0.3 is 11.9 Å². The molecule has 2 aromatic carbocycles. The van der Waals surface area contributed by atoms with Crippen LogP contribution in [0, 0.1) is 5.82 Å². The van der Waals surface area contributed by atoms with Gasteiger partial charge in [-0.05, 0) is 29.8 Å². The SMILES string of the molecule is O=C(Cn1c(=O)n(Cc2ccc(F)cc2)c(=O)c2nccnc21)Nc1ccccc1C(F)(F)F. The zero-order valence-electron chi connectivity index (χ0n) is 17.2. The summed E-state index contributed by atoms with van der Waals surface area (Å²) >= 11 is 0. The predicted molar refractivity (Wildman–Crippen MR) is 114 cm³/mol. The summed E-state index contributed by atoms with van der Waals surface area (Å²) in [6, 6.07) is 9.47. The molecule has 174 valence electrons. The minimum absolute atomic E-state index is 0.202. The number of nitrogens with one attached hydrogen (secondary N) is 1. The van der Waals surface area contributed by atoms with Gasteiger partial charge in [-0.2, -0.15) is 13.2 Å². The molecule has 0 aliphatic heterocycles. The van der Waals surface area contributed by atoms with Crippen LogP contribution >= 0.6 is 0 Å². The second-order valence-electron chi connectivity index (χ2n) is 7.21. The van der Waals surface area contributed by atoms with Crippen molar-refractivity contribution in [1.29, 1.82) is 0 Å². The number of rotatable bonds is 5. The number of amides is 1. The van der Waals surface area contributed by atoms with Crippen molar-refractivity contribution in [3.63, 3.8) is 0 Å². The van der Waals surface area contributed by atoms with E-state index in [0.29, 0.717) is 5.56 Å². The van der Waals surface area contributed by atoms with Crippen LogP contribution in [0.5, 0.6) is 0 Å². The number of alkyl halides is 3. The normalized spacial score (nSPS) is 11.5. The zero-order valence-corrected chi connectivity index (χ0v) is 17.2. The van der Waals surface area contributed by atoms with Crippen LogP contribution in [0.15, 0.2) is 70.5 Å². The minimum Gasteiger partial charge on any atom is -0.324 e. The molecule has 0 aliphatic carbocycles. The zero-order chi connectivity index (χ0) is 24.5. The summed E-state index contributed by atoms with van der Waals surface area (Å²) < 4.78 is 54.6. The van der Waals surface area contributed by atoms with Gasteiger partial charge < -0.3 is 5.32 Å². The number of nitrogens with zero attached hydrogens (tertiary/aromatic N) is 4. The number of benzene rings is 2. The molecule has 0 bridgehead atoms. The summed E-state index contributed by atoms with van der Waals surface area (Å²) in [6.07, 6.45) is -2.28. The highest BCUT2D eigenvalue weighted by atomic mass is 19.4. The molecule has 8 nitrogen and oxygen atoms in total.